The van der Waals surface area contributed by atoms with Crippen molar-refractivity contribution in [3.63, 3.8) is 0 Å². The van der Waals surface area contributed by atoms with E-state index in [-0.39, 0.29) is 17.7 Å². The predicted octanol–water partition coefficient (Wildman–Crippen LogP) is 4.14. The first-order valence-corrected chi connectivity index (χ1v) is 7.97. The first-order valence-electron chi connectivity index (χ1n) is 7.97. The quantitative estimate of drug-likeness (QED) is 0.712. The third kappa shape index (κ3) is 3.24. The zero-order valence-corrected chi connectivity index (χ0v) is 13.9. The van der Waals surface area contributed by atoms with Gasteiger partial charge in [0.1, 0.15) is 0 Å². The van der Waals surface area contributed by atoms with Crippen molar-refractivity contribution < 1.29 is 14.3 Å². The van der Waals surface area contributed by atoms with Crippen molar-refractivity contribution in [2.75, 3.05) is 0 Å². The molecule has 0 spiro atoms. The fourth-order valence-electron chi connectivity index (χ4n) is 2.89. The van der Waals surface area contributed by atoms with Crippen LogP contribution in [-0.2, 0) is 14.3 Å². The lowest BCUT2D eigenvalue weighted by atomic mass is 9.69. The molecule has 0 aliphatic heterocycles. The van der Waals surface area contributed by atoms with E-state index in [4.69, 9.17) is 4.74 Å². The van der Waals surface area contributed by atoms with E-state index in [0.29, 0.717) is 18.8 Å². The molecule has 3 heteroatoms. The molecule has 0 amide bonds. The molecule has 0 aromatic heterocycles. The number of hydrogen-bond donors (Lipinski definition) is 0. The van der Waals surface area contributed by atoms with E-state index in [1.165, 1.54) is 0 Å². The second-order valence-electron chi connectivity index (χ2n) is 6.98. The largest absolute Gasteiger partial charge is 0.451 e. The van der Waals surface area contributed by atoms with Gasteiger partial charge in [-0.1, -0.05) is 27.2 Å². The van der Waals surface area contributed by atoms with Gasteiger partial charge < -0.3 is 4.74 Å². The number of ether oxygens (including phenoxy) is 1. The van der Waals surface area contributed by atoms with Crippen LogP contribution in [0.15, 0.2) is 0 Å². The Labute approximate surface area is 123 Å². The number of hydrogen-bond acceptors (Lipinski definition) is 3. The van der Waals surface area contributed by atoms with Crippen molar-refractivity contribution in [1.29, 1.82) is 0 Å². The molecule has 3 atom stereocenters. The summed E-state index contributed by atoms with van der Waals surface area (Å²) in [4.78, 5) is 24.9. The summed E-state index contributed by atoms with van der Waals surface area (Å²) in [6.45, 7) is 11.7. The smallest absolute Gasteiger partial charge is 0.312 e. The third-order valence-electron chi connectivity index (χ3n) is 5.24. The van der Waals surface area contributed by atoms with Crippen molar-refractivity contribution in [2.24, 2.45) is 17.3 Å². The van der Waals surface area contributed by atoms with E-state index in [2.05, 4.69) is 13.8 Å². The minimum Gasteiger partial charge on any atom is -0.451 e. The molecule has 1 rings (SSSR count). The van der Waals surface area contributed by atoms with Crippen LogP contribution in [-0.4, -0.2) is 17.4 Å². The Morgan fingerprint density at radius 3 is 2.35 bits per heavy atom. The summed E-state index contributed by atoms with van der Waals surface area (Å²) in [7, 11) is 0. The van der Waals surface area contributed by atoms with Gasteiger partial charge in [-0.3, -0.25) is 9.59 Å². The van der Waals surface area contributed by atoms with Gasteiger partial charge in [0, 0.05) is 12.3 Å². The Balaban J connectivity index is 2.94. The van der Waals surface area contributed by atoms with E-state index in [0.717, 1.165) is 19.3 Å². The minimum atomic E-state index is -0.927. The maximum absolute atomic E-state index is 12.5. The highest BCUT2D eigenvalue weighted by Gasteiger charge is 2.49. The van der Waals surface area contributed by atoms with Gasteiger partial charge in [0.25, 0.3) is 0 Å². The molecule has 0 aromatic rings. The highest BCUT2D eigenvalue weighted by molar-refractivity contribution is 5.91. The molecular weight excluding hydrogens is 252 g/mol. The summed E-state index contributed by atoms with van der Waals surface area (Å²) >= 11 is 0. The van der Waals surface area contributed by atoms with Gasteiger partial charge in [-0.2, -0.15) is 0 Å². The average molecular weight is 282 g/mol. The van der Waals surface area contributed by atoms with Crippen molar-refractivity contribution in [3.8, 4) is 0 Å². The van der Waals surface area contributed by atoms with Crippen molar-refractivity contribution in [1.82, 2.24) is 0 Å². The molecule has 1 fully saturated rings. The van der Waals surface area contributed by atoms with Gasteiger partial charge >= 0.3 is 5.97 Å². The number of carbonyl (C=O) groups excluding carboxylic acids is 2. The van der Waals surface area contributed by atoms with Gasteiger partial charge in [-0.15, -0.1) is 0 Å². The van der Waals surface area contributed by atoms with Crippen LogP contribution in [0.5, 0.6) is 0 Å². The Morgan fingerprint density at radius 1 is 1.30 bits per heavy atom. The number of Topliss-reactive ketones (excluding diaryl/α,β-unsaturated/α-hetero) is 1. The Bertz CT molecular complexity index is 372. The summed E-state index contributed by atoms with van der Waals surface area (Å²) in [5.41, 5.74) is -1.45. The van der Waals surface area contributed by atoms with Crippen LogP contribution in [0.4, 0.5) is 0 Å². The average Bonchev–Trinajstić information content (AvgIpc) is 2.41. The highest BCUT2D eigenvalue weighted by atomic mass is 16.6. The SMILES string of the molecule is CCC1CC(=O)C(C)(OC(=O)C(C)(C)CC)C(CC)C1. The van der Waals surface area contributed by atoms with Crippen molar-refractivity contribution in [2.45, 2.75) is 79.2 Å². The van der Waals surface area contributed by atoms with Gasteiger partial charge in [0.15, 0.2) is 11.4 Å². The lowest BCUT2D eigenvalue weighted by Crippen LogP contribution is -2.52. The molecule has 0 heterocycles. The Morgan fingerprint density at radius 2 is 1.90 bits per heavy atom. The molecule has 0 aromatic carbocycles. The number of esters is 1. The molecule has 0 bridgehead atoms. The third-order valence-corrected chi connectivity index (χ3v) is 5.24. The maximum atomic E-state index is 12.5. The van der Waals surface area contributed by atoms with Gasteiger partial charge in [-0.05, 0) is 46.0 Å². The summed E-state index contributed by atoms with van der Waals surface area (Å²) < 4.78 is 5.75. The van der Waals surface area contributed by atoms with Crippen molar-refractivity contribution in [3.05, 3.63) is 0 Å². The molecule has 116 valence electrons. The molecule has 0 radical (unpaired) electrons. The molecule has 0 saturated heterocycles. The lowest BCUT2D eigenvalue weighted by Gasteiger charge is -2.43. The van der Waals surface area contributed by atoms with E-state index >= 15 is 0 Å². The summed E-state index contributed by atoms with van der Waals surface area (Å²) in [6, 6.07) is 0. The second kappa shape index (κ2) is 6.28. The van der Waals surface area contributed by atoms with Crippen LogP contribution in [0.2, 0.25) is 0 Å². The molecule has 0 N–H and O–H groups in total. The Hall–Kier alpha value is -0.860. The normalized spacial score (nSPS) is 31.2. The summed E-state index contributed by atoms with van der Waals surface area (Å²) in [6.07, 6.45) is 4.13. The molecule has 20 heavy (non-hydrogen) atoms. The topological polar surface area (TPSA) is 43.4 Å². The summed E-state index contributed by atoms with van der Waals surface area (Å²) in [5, 5.41) is 0. The van der Waals surface area contributed by atoms with E-state index in [9.17, 15) is 9.59 Å². The number of carbonyl (C=O) groups is 2. The molecule has 3 unspecified atom stereocenters. The van der Waals surface area contributed by atoms with Gasteiger partial charge in [0.2, 0.25) is 0 Å². The maximum Gasteiger partial charge on any atom is 0.312 e. The lowest BCUT2D eigenvalue weighted by molar-refractivity contribution is -0.185. The second-order valence-corrected chi connectivity index (χ2v) is 6.98. The van der Waals surface area contributed by atoms with Crippen molar-refractivity contribution >= 4 is 11.8 Å². The van der Waals surface area contributed by atoms with Crippen LogP contribution >= 0.6 is 0 Å². The predicted molar refractivity (Wildman–Crippen MR) is 80.4 cm³/mol. The van der Waals surface area contributed by atoms with Crippen LogP contribution in [0.1, 0.15) is 73.6 Å². The standard InChI is InChI=1S/C17H30O3/c1-7-12-10-13(8-2)17(6,14(18)11-12)20-15(19)16(4,5)9-3/h12-13H,7-11H2,1-6H3. The molecule has 1 saturated carbocycles. The number of ketones is 1. The molecule has 1 aliphatic carbocycles. The van der Waals surface area contributed by atoms with E-state index in [1.54, 1.807) is 0 Å². The van der Waals surface area contributed by atoms with Crippen LogP contribution < -0.4 is 0 Å². The number of rotatable bonds is 5. The van der Waals surface area contributed by atoms with Crippen LogP contribution in [0, 0.1) is 17.3 Å². The van der Waals surface area contributed by atoms with E-state index in [1.807, 2.05) is 27.7 Å². The van der Waals surface area contributed by atoms with E-state index < -0.39 is 11.0 Å². The molecule has 1 aliphatic rings. The van der Waals surface area contributed by atoms with Crippen LogP contribution in [0.3, 0.4) is 0 Å². The zero-order chi connectivity index (χ0) is 15.6. The fraction of sp³-hybridized carbons (Fsp3) is 0.882. The fourth-order valence-corrected chi connectivity index (χ4v) is 2.89. The molecule has 3 nitrogen and oxygen atoms in total. The summed E-state index contributed by atoms with van der Waals surface area (Å²) in [5.74, 6) is 0.440. The first kappa shape index (κ1) is 17.2. The monoisotopic (exact) mass is 282 g/mol. The first-order chi connectivity index (χ1) is 9.21. The highest BCUT2D eigenvalue weighted by Crippen LogP contribution is 2.41. The minimum absolute atomic E-state index is 0.0997. The zero-order valence-electron chi connectivity index (χ0n) is 13.9. The van der Waals surface area contributed by atoms with Crippen LogP contribution in [0.25, 0.3) is 0 Å². The molecular formula is C17H30O3. The Kier molecular flexibility index (Phi) is 5.39. The van der Waals surface area contributed by atoms with Gasteiger partial charge in [-0.25, -0.2) is 0 Å². The van der Waals surface area contributed by atoms with Gasteiger partial charge in [0.05, 0.1) is 5.41 Å².